The van der Waals surface area contributed by atoms with Crippen LogP contribution in [0.4, 0.5) is 11.9 Å². The minimum Gasteiger partial charge on any atom is -0.347 e. The molecule has 6 nitrogen and oxygen atoms in total. The van der Waals surface area contributed by atoms with E-state index in [9.17, 15) is 0 Å². The molecule has 0 aliphatic carbocycles. The highest BCUT2D eigenvalue weighted by Gasteiger charge is 2.10. The second-order valence-electron chi connectivity index (χ2n) is 4.59. The van der Waals surface area contributed by atoms with Gasteiger partial charge in [-0.3, -0.25) is 4.98 Å². The zero-order valence-electron chi connectivity index (χ0n) is 11.8. The fraction of sp³-hybridized carbons (Fsp3) is 0.385. The molecule has 2 aromatic rings. The Morgan fingerprint density at radius 1 is 1.05 bits per heavy atom. The van der Waals surface area contributed by atoms with Gasteiger partial charge in [-0.2, -0.15) is 15.0 Å². The first-order chi connectivity index (χ1) is 9.56. The second kappa shape index (κ2) is 6.47. The summed E-state index contributed by atoms with van der Waals surface area (Å²) >= 11 is 5.93. The Kier molecular flexibility index (Phi) is 4.68. The molecule has 7 heteroatoms. The summed E-state index contributed by atoms with van der Waals surface area (Å²) in [5.74, 6) is 1.11. The van der Waals surface area contributed by atoms with Crippen LogP contribution in [0, 0.1) is 0 Å². The molecule has 0 unspecified atom stereocenters. The summed E-state index contributed by atoms with van der Waals surface area (Å²) in [6.45, 7) is 0.754. The number of likely N-dealkylation sites (N-methyl/N-ethyl adjacent to an activating group) is 1. The van der Waals surface area contributed by atoms with Crippen molar-refractivity contribution in [2.45, 2.75) is 6.42 Å². The van der Waals surface area contributed by atoms with Crippen LogP contribution in [0.3, 0.4) is 0 Å². The Bertz CT molecular complexity index is 560. The maximum Gasteiger partial charge on any atom is 0.231 e. The Morgan fingerprint density at radius 3 is 2.45 bits per heavy atom. The topological polar surface area (TPSA) is 58.0 Å². The van der Waals surface area contributed by atoms with E-state index in [0.29, 0.717) is 11.9 Å². The first-order valence-corrected chi connectivity index (χ1v) is 6.64. The molecule has 0 spiro atoms. The molecule has 0 aromatic carbocycles. The van der Waals surface area contributed by atoms with E-state index in [2.05, 4.69) is 19.9 Å². The molecule has 2 aromatic heterocycles. The van der Waals surface area contributed by atoms with Crippen LogP contribution in [-0.4, -0.2) is 47.6 Å². The van der Waals surface area contributed by atoms with Crippen molar-refractivity contribution in [1.29, 1.82) is 0 Å². The van der Waals surface area contributed by atoms with E-state index in [1.54, 1.807) is 11.1 Å². The van der Waals surface area contributed by atoms with Crippen molar-refractivity contribution in [1.82, 2.24) is 19.9 Å². The SMILES string of the molecule is CN(C)c1nc(Cl)nc(N(C)CCc2ccccn2)n1. The van der Waals surface area contributed by atoms with Gasteiger partial charge in [-0.1, -0.05) is 6.07 Å². The molecule has 106 valence electrons. The third-order valence-electron chi connectivity index (χ3n) is 2.76. The van der Waals surface area contributed by atoms with Crippen LogP contribution < -0.4 is 9.80 Å². The number of rotatable bonds is 5. The van der Waals surface area contributed by atoms with Gasteiger partial charge >= 0.3 is 0 Å². The Labute approximate surface area is 123 Å². The van der Waals surface area contributed by atoms with Crippen LogP contribution in [0.2, 0.25) is 5.28 Å². The van der Waals surface area contributed by atoms with Gasteiger partial charge in [0.25, 0.3) is 0 Å². The molecule has 0 saturated heterocycles. The number of pyridine rings is 1. The molecule has 0 atom stereocenters. The fourth-order valence-electron chi connectivity index (χ4n) is 1.63. The van der Waals surface area contributed by atoms with E-state index in [4.69, 9.17) is 11.6 Å². The maximum absolute atomic E-state index is 5.93. The van der Waals surface area contributed by atoms with Crippen LogP contribution in [0.25, 0.3) is 0 Å². The van der Waals surface area contributed by atoms with Crippen LogP contribution in [0.5, 0.6) is 0 Å². The summed E-state index contributed by atoms with van der Waals surface area (Å²) in [7, 11) is 5.65. The van der Waals surface area contributed by atoms with E-state index in [1.165, 1.54) is 0 Å². The number of hydrogen-bond acceptors (Lipinski definition) is 6. The van der Waals surface area contributed by atoms with E-state index in [0.717, 1.165) is 18.7 Å². The number of aromatic nitrogens is 4. The summed E-state index contributed by atoms with van der Waals surface area (Å²) in [4.78, 5) is 20.6. The third-order valence-corrected chi connectivity index (χ3v) is 2.92. The lowest BCUT2D eigenvalue weighted by Gasteiger charge is -2.18. The predicted octanol–water partition coefficient (Wildman–Crippen LogP) is 1.66. The maximum atomic E-state index is 5.93. The van der Waals surface area contributed by atoms with Gasteiger partial charge in [0, 0.05) is 46.0 Å². The lowest BCUT2D eigenvalue weighted by Crippen LogP contribution is -2.24. The summed E-state index contributed by atoms with van der Waals surface area (Å²) in [5.41, 5.74) is 1.03. The first-order valence-electron chi connectivity index (χ1n) is 6.26. The quantitative estimate of drug-likeness (QED) is 0.835. The summed E-state index contributed by atoms with van der Waals surface area (Å²) < 4.78 is 0. The summed E-state index contributed by atoms with van der Waals surface area (Å²) in [5, 5.41) is 0.198. The van der Waals surface area contributed by atoms with Crippen LogP contribution in [0.1, 0.15) is 5.69 Å². The fourth-order valence-corrected chi connectivity index (χ4v) is 1.78. The lowest BCUT2D eigenvalue weighted by atomic mass is 10.2. The molecular weight excluding hydrogens is 276 g/mol. The van der Waals surface area contributed by atoms with Gasteiger partial charge in [0.2, 0.25) is 17.2 Å². The molecular formula is C13H17ClN6. The highest BCUT2D eigenvalue weighted by atomic mass is 35.5. The predicted molar refractivity (Wildman–Crippen MR) is 80.4 cm³/mol. The lowest BCUT2D eigenvalue weighted by molar-refractivity contribution is 0.808. The van der Waals surface area contributed by atoms with E-state index >= 15 is 0 Å². The van der Waals surface area contributed by atoms with Gasteiger partial charge in [0.1, 0.15) is 0 Å². The normalized spacial score (nSPS) is 10.4. The van der Waals surface area contributed by atoms with Crippen molar-refractivity contribution < 1.29 is 0 Å². The monoisotopic (exact) mass is 292 g/mol. The van der Waals surface area contributed by atoms with Crippen LogP contribution in [-0.2, 0) is 6.42 Å². The highest BCUT2D eigenvalue weighted by molar-refractivity contribution is 6.28. The van der Waals surface area contributed by atoms with E-state index in [1.807, 2.05) is 44.2 Å². The Hall–Kier alpha value is -1.95. The van der Waals surface area contributed by atoms with Crippen molar-refractivity contribution in [3.63, 3.8) is 0 Å². The molecule has 0 fully saturated rings. The largest absolute Gasteiger partial charge is 0.347 e. The number of halogens is 1. The second-order valence-corrected chi connectivity index (χ2v) is 4.93. The third kappa shape index (κ3) is 3.77. The molecule has 0 amide bonds. The molecule has 0 bridgehead atoms. The Morgan fingerprint density at radius 2 is 1.80 bits per heavy atom. The van der Waals surface area contributed by atoms with Crippen molar-refractivity contribution in [2.24, 2.45) is 0 Å². The molecule has 2 rings (SSSR count). The standard InChI is InChI=1S/C13H17ClN6/c1-19(2)12-16-11(14)17-13(18-12)20(3)9-7-10-6-4-5-8-15-10/h4-6,8H,7,9H2,1-3H3. The van der Waals surface area contributed by atoms with Gasteiger partial charge in [0.15, 0.2) is 0 Å². The van der Waals surface area contributed by atoms with Crippen molar-refractivity contribution >= 4 is 23.5 Å². The van der Waals surface area contributed by atoms with Crippen molar-refractivity contribution in [3.05, 3.63) is 35.4 Å². The van der Waals surface area contributed by atoms with Crippen LogP contribution >= 0.6 is 11.6 Å². The zero-order chi connectivity index (χ0) is 14.5. The number of anilines is 2. The molecule has 20 heavy (non-hydrogen) atoms. The minimum atomic E-state index is 0.198. The van der Waals surface area contributed by atoms with E-state index in [-0.39, 0.29) is 5.28 Å². The summed E-state index contributed by atoms with van der Waals surface area (Å²) in [6.07, 6.45) is 2.61. The van der Waals surface area contributed by atoms with Crippen LogP contribution in [0.15, 0.2) is 24.4 Å². The van der Waals surface area contributed by atoms with Gasteiger partial charge in [-0.15, -0.1) is 0 Å². The van der Waals surface area contributed by atoms with Gasteiger partial charge in [0.05, 0.1) is 0 Å². The molecule has 2 heterocycles. The number of hydrogen-bond donors (Lipinski definition) is 0. The van der Waals surface area contributed by atoms with Gasteiger partial charge < -0.3 is 9.80 Å². The average Bonchev–Trinajstić information content (AvgIpc) is 2.45. The zero-order valence-corrected chi connectivity index (χ0v) is 12.5. The first kappa shape index (κ1) is 14.5. The number of nitrogens with zero attached hydrogens (tertiary/aromatic N) is 6. The molecule has 0 N–H and O–H groups in total. The van der Waals surface area contributed by atoms with Gasteiger partial charge in [-0.05, 0) is 23.7 Å². The van der Waals surface area contributed by atoms with Gasteiger partial charge in [-0.25, -0.2) is 0 Å². The molecule has 0 saturated carbocycles. The molecule has 0 aliphatic heterocycles. The minimum absolute atomic E-state index is 0.198. The molecule has 0 radical (unpaired) electrons. The summed E-state index contributed by atoms with van der Waals surface area (Å²) in [6, 6.07) is 5.88. The molecule has 0 aliphatic rings. The van der Waals surface area contributed by atoms with Crippen molar-refractivity contribution in [3.8, 4) is 0 Å². The highest BCUT2D eigenvalue weighted by Crippen LogP contribution is 2.14. The Balaban J connectivity index is 2.07. The van der Waals surface area contributed by atoms with E-state index < -0.39 is 0 Å². The average molecular weight is 293 g/mol. The van der Waals surface area contributed by atoms with Crippen molar-refractivity contribution in [2.75, 3.05) is 37.5 Å². The smallest absolute Gasteiger partial charge is 0.231 e.